The number of carbonyl (C=O) groups excluding carboxylic acids is 1. The van der Waals surface area contributed by atoms with Crippen molar-refractivity contribution in [3.05, 3.63) is 40.4 Å². The van der Waals surface area contributed by atoms with Gasteiger partial charge in [-0.05, 0) is 44.2 Å². The summed E-state index contributed by atoms with van der Waals surface area (Å²) in [5.74, 6) is 1.95. The Kier molecular flexibility index (Phi) is 6.45. The number of nitrogens with one attached hydrogen (secondary N) is 2. The minimum atomic E-state index is -0.140. The highest BCUT2D eigenvalue weighted by molar-refractivity contribution is 5.79. The Bertz CT molecular complexity index is 910. The third kappa shape index (κ3) is 4.89. The number of hydrogen-bond donors (Lipinski definition) is 2. The molecule has 0 spiro atoms. The van der Waals surface area contributed by atoms with Gasteiger partial charge in [0.15, 0.2) is 0 Å². The Morgan fingerprint density at radius 1 is 1.17 bits per heavy atom. The van der Waals surface area contributed by atoms with Gasteiger partial charge >= 0.3 is 0 Å². The molecule has 1 amide bonds. The molecule has 0 atom stereocenters. The van der Waals surface area contributed by atoms with E-state index in [1.165, 1.54) is 25.3 Å². The standard InChI is InChI=1S/C23H31N5O2/c1-2-18-14-21(29)27-22(25-18)17-8-9-20(24-15-17)28-12-10-19(11-13-28)26-23(30)16-6-4-3-5-7-16/h8-9,14-16,19H,2-7,10-13H2,1H3,(H,26,30)(H,25,27,29). The third-order valence-corrected chi connectivity index (χ3v) is 6.32. The summed E-state index contributed by atoms with van der Waals surface area (Å²) in [6.45, 7) is 3.73. The molecule has 0 aromatic carbocycles. The number of aromatic nitrogens is 3. The van der Waals surface area contributed by atoms with E-state index in [1.807, 2.05) is 19.1 Å². The van der Waals surface area contributed by atoms with E-state index in [4.69, 9.17) is 0 Å². The van der Waals surface area contributed by atoms with Crippen LogP contribution in [0.15, 0.2) is 29.2 Å². The first-order chi connectivity index (χ1) is 14.6. The number of rotatable bonds is 5. The van der Waals surface area contributed by atoms with Crippen LogP contribution in [0, 0.1) is 5.92 Å². The molecule has 2 aromatic rings. The van der Waals surface area contributed by atoms with Gasteiger partial charge in [-0.15, -0.1) is 0 Å². The predicted octanol–water partition coefficient (Wildman–Crippen LogP) is 3.06. The normalized spacial score (nSPS) is 18.4. The zero-order valence-electron chi connectivity index (χ0n) is 17.7. The Hall–Kier alpha value is -2.70. The van der Waals surface area contributed by atoms with Crippen molar-refractivity contribution in [2.45, 2.75) is 64.3 Å². The first kappa shape index (κ1) is 20.6. The molecule has 30 heavy (non-hydrogen) atoms. The first-order valence-electron chi connectivity index (χ1n) is 11.2. The monoisotopic (exact) mass is 409 g/mol. The lowest BCUT2D eigenvalue weighted by Gasteiger charge is -2.34. The van der Waals surface area contributed by atoms with Crippen LogP contribution in [-0.2, 0) is 11.2 Å². The van der Waals surface area contributed by atoms with Crippen molar-refractivity contribution < 1.29 is 4.79 Å². The van der Waals surface area contributed by atoms with Gasteiger partial charge in [-0.3, -0.25) is 9.59 Å². The molecule has 2 aromatic heterocycles. The highest BCUT2D eigenvalue weighted by Crippen LogP contribution is 2.25. The number of aromatic amines is 1. The number of amides is 1. The summed E-state index contributed by atoms with van der Waals surface area (Å²) in [6.07, 6.45) is 10.1. The van der Waals surface area contributed by atoms with Crippen molar-refractivity contribution >= 4 is 11.7 Å². The molecule has 160 valence electrons. The van der Waals surface area contributed by atoms with E-state index in [2.05, 4.69) is 25.2 Å². The van der Waals surface area contributed by atoms with Gasteiger partial charge in [-0.1, -0.05) is 26.2 Å². The van der Waals surface area contributed by atoms with E-state index in [-0.39, 0.29) is 23.4 Å². The largest absolute Gasteiger partial charge is 0.356 e. The third-order valence-electron chi connectivity index (χ3n) is 6.32. The van der Waals surface area contributed by atoms with Crippen LogP contribution < -0.4 is 15.8 Å². The van der Waals surface area contributed by atoms with Crippen LogP contribution in [0.1, 0.15) is 57.6 Å². The lowest BCUT2D eigenvalue weighted by Crippen LogP contribution is -2.46. The number of anilines is 1. The summed E-state index contributed by atoms with van der Waals surface area (Å²) in [5.41, 5.74) is 1.44. The van der Waals surface area contributed by atoms with Crippen molar-refractivity contribution in [1.82, 2.24) is 20.3 Å². The SMILES string of the molecule is CCc1cc(=O)[nH]c(-c2ccc(N3CCC(NC(=O)C4CCCCC4)CC3)nc2)n1. The topological polar surface area (TPSA) is 91.0 Å². The fraction of sp³-hybridized carbons (Fsp3) is 0.565. The van der Waals surface area contributed by atoms with E-state index >= 15 is 0 Å². The summed E-state index contributed by atoms with van der Waals surface area (Å²) in [5, 5.41) is 3.28. The average Bonchev–Trinajstić information content (AvgIpc) is 2.80. The molecule has 1 aliphatic carbocycles. The molecule has 1 saturated heterocycles. The highest BCUT2D eigenvalue weighted by atomic mass is 16.2. The second-order valence-electron chi connectivity index (χ2n) is 8.45. The molecular formula is C23H31N5O2. The molecule has 3 heterocycles. The van der Waals surface area contributed by atoms with Gasteiger partial charge in [-0.2, -0.15) is 0 Å². The fourth-order valence-corrected chi connectivity index (χ4v) is 4.48. The number of piperidine rings is 1. The van der Waals surface area contributed by atoms with Gasteiger partial charge in [0, 0.05) is 48.6 Å². The van der Waals surface area contributed by atoms with Gasteiger partial charge in [-0.25, -0.2) is 9.97 Å². The lowest BCUT2D eigenvalue weighted by molar-refractivity contribution is -0.126. The minimum Gasteiger partial charge on any atom is -0.356 e. The van der Waals surface area contributed by atoms with Crippen molar-refractivity contribution in [2.75, 3.05) is 18.0 Å². The highest BCUT2D eigenvalue weighted by Gasteiger charge is 2.26. The summed E-state index contributed by atoms with van der Waals surface area (Å²) in [7, 11) is 0. The van der Waals surface area contributed by atoms with E-state index < -0.39 is 0 Å². The molecule has 7 heteroatoms. The summed E-state index contributed by atoms with van der Waals surface area (Å²) < 4.78 is 0. The maximum atomic E-state index is 12.5. The number of aryl methyl sites for hydroxylation is 1. The first-order valence-corrected chi connectivity index (χ1v) is 11.2. The number of carbonyl (C=O) groups is 1. The van der Waals surface area contributed by atoms with E-state index in [0.717, 1.165) is 55.8 Å². The van der Waals surface area contributed by atoms with Gasteiger partial charge in [0.25, 0.3) is 5.56 Å². The molecule has 7 nitrogen and oxygen atoms in total. The molecule has 2 fully saturated rings. The van der Waals surface area contributed by atoms with E-state index in [0.29, 0.717) is 12.2 Å². The molecule has 4 rings (SSSR count). The van der Waals surface area contributed by atoms with Crippen molar-refractivity contribution in [2.24, 2.45) is 5.92 Å². The van der Waals surface area contributed by atoms with E-state index in [1.54, 1.807) is 6.20 Å². The smallest absolute Gasteiger partial charge is 0.251 e. The quantitative estimate of drug-likeness (QED) is 0.792. The van der Waals surface area contributed by atoms with Crippen molar-refractivity contribution in [3.8, 4) is 11.4 Å². The second kappa shape index (κ2) is 9.41. The Morgan fingerprint density at radius 2 is 1.93 bits per heavy atom. The minimum absolute atomic E-state index is 0.140. The number of H-pyrrole nitrogens is 1. The molecule has 0 bridgehead atoms. The van der Waals surface area contributed by atoms with Gasteiger partial charge < -0.3 is 15.2 Å². The van der Waals surface area contributed by atoms with Gasteiger partial charge in [0.05, 0.1) is 0 Å². The molecule has 0 radical (unpaired) electrons. The maximum Gasteiger partial charge on any atom is 0.251 e. The molecule has 0 unspecified atom stereocenters. The second-order valence-corrected chi connectivity index (χ2v) is 8.45. The van der Waals surface area contributed by atoms with Crippen LogP contribution in [0.5, 0.6) is 0 Å². The molecular weight excluding hydrogens is 378 g/mol. The molecule has 2 N–H and O–H groups in total. The predicted molar refractivity (Wildman–Crippen MR) is 117 cm³/mol. The fourth-order valence-electron chi connectivity index (χ4n) is 4.48. The van der Waals surface area contributed by atoms with Crippen LogP contribution in [-0.4, -0.2) is 40.0 Å². The number of pyridine rings is 1. The zero-order valence-corrected chi connectivity index (χ0v) is 17.7. The van der Waals surface area contributed by atoms with Crippen LogP contribution in [0.3, 0.4) is 0 Å². The number of hydrogen-bond acceptors (Lipinski definition) is 5. The van der Waals surface area contributed by atoms with E-state index in [9.17, 15) is 9.59 Å². The van der Waals surface area contributed by atoms with Crippen molar-refractivity contribution in [3.63, 3.8) is 0 Å². The molecule has 2 aliphatic rings. The zero-order chi connectivity index (χ0) is 20.9. The molecule has 1 aliphatic heterocycles. The van der Waals surface area contributed by atoms with Crippen LogP contribution in [0.4, 0.5) is 5.82 Å². The number of nitrogens with zero attached hydrogens (tertiary/aromatic N) is 3. The Labute approximate surface area is 177 Å². The summed E-state index contributed by atoms with van der Waals surface area (Å²) >= 11 is 0. The summed E-state index contributed by atoms with van der Waals surface area (Å²) in [6, 6.07) is 5.73. The molecule has 1 saturated carbocycles. The lowest BCUT2D eigenvalue weighted by atomic mass is 9.88. The van der Waals surface area contributed by atoms with Gasteiger partial charge in [0.1, 0.15) is 11.6 Å². The van der Waals surface area contributed by atoms with Crippen LogP contribution in [0.25, 0.3) is 11.4 Å². The maximum absolute atomic E-state index is 12.5. The van der Waals surface area contributed by atoms with Crippen LogP contribution >= 0.6 is 0 Å². The van der Waals surface area contributed by atoms with Crippen LogP contribution in [0.2, 0.25) is 0 Å². The van der Waals surface area contributed by atoms with Crippen molar-refractivity contribution in [1.29, 1.82) is 0 Å². The Morgan fingerprint density at radius 3 is 2.60 bits per heavy atom. The van der Waals surface area contributed by atoms with Gasteiger partial charge in [0.2, 0.25) is 5.91 Å². The summed E-state index contributed by atoms with van der Waals surface area (Å²) in [4.78, 5) is 38.4. The Balaban J connectivity index is 1.33. The average molecular weight is 410 g/mol.